The molecule has 0 N–H and O–H groups in total. The Hall–Kier alpha value is -3.75. The van der Waals surface area contributed by atoms with E-state index in [1.165, 1.54) is 83.5 Å². The number of esters is 2. The predicted octanol–water partition coefficient (Wildman–Crippen LogP) is 15.3. The number of hydrogen-bond donors (Lipinski definition) is 0. The van der Waals surface area contributed by atoms with Crippen LogP contribution in [0.3, 0.4) is 0 Å². The Morgan fingerprint density at radius 2 is 0.768 bits per heavy atom. The molecule has 0 spiro atoms. The van der Waals surface area contributed by atoms with Crippen molar-refractivity contribution < 1.29 is 38.2 Å². The monoisotopic (exact) mass is 962 g/mol. The fourth-order valence-electron chi connectivity index (χ4n) is 7.76. The van der Waals surface area contributed by atoms with Crippen LogP contribution in [-0.4, -0.2) is 75.5 Å². The summed E-state index contributed by atoms with van der Waals surface area (Å²) in [6.45, 7) is 4.43. The van der Waals surface area contributed by atoms with E-state index < -0.39 is 18.1 Å². The number of ether oxygens (including phenoxy) is 3. The molecule has 0 aliphatic rings. The zero-order valence-electron chi connectivity index (χ0n) is 44.9. The van der Waals surface area contributed by atoms with Gasteiger partial charge in [0.1, 0.15) is 12.6 Å². The molecule has 394 valence electrons. The number of allylic oxidation sites excluding steroid dienone is 16. The van der Waals surface area contributed by atoms with E-state index in [0.717, 1.165) is 103 Å². The van der Waals surface area contributed by atoms with Gasteiger partial charge in [0.15, 0.2) is 6.10 Å². The Morgan fingerprint density at radius 3 is 1.13 bits per heavy atom. The lowest BCUT2D eigenvalue weighted by atomic mass is 10.0. The summed E-state index contributed by atoms with van der Waals surface area (Å²) in [6.07, 6.45) is 68.7. The molecular weight excluding hydrogens is 859 g/mol. The molecular formula is C61H103NO7. The van der Waals surface area contributed by atoms with Crippen molar-refractivity contribution in [2.75, 3.05) is 41.0 Å². The van der Waals surface area contributed by atoms with Gasteiger partial charge in [-0.2, -0.15) is 0 Å². The number of likely N-dealkylation sites (N-methyl/N-ethyl adjacent to an activating group) is 1. The molecule has 0 saturated heterocycles. The molecule has 0 rings (SSSR count). The number of quaternary nitrogens is 1. The van der Waals surface area contributed by atoms with Crippen LogP contribution in [0.1, 0.15) is 219 Å². The lowest BCUT2D eigenvalue weighted by Crippen LogP contribution is -2.55. The van der Waals surface area contributed by atoms with Crippen molar-refractivity contribution in [3.05, 3.63) is 97.2 Å². The standard InChI is InChI=1S/C61H103NO7/c1-6-8-10-12-14-16-18-20-22-24-26-28-30-32-33-35-37-39-41-43-45-47-49-51-59(63)68-56-57(55-67-54-53-58(61(65)66)62(3,4)5)69-60(64)52-50-48-46-44-42-40-38-36-34-31-29-27-25-23-21-19-17-15-13-11-9-7-2/h8-11,14-17,20-23,27,29,34,36,57-58H,6-7,12-13,18-19,24-26,28,30-33,35,37-56H2,1-5H3/b10-8+,11-9+,16-14+,17-15+,22-20+,23-21+,29-27+,36-34+. The van der Waals surface area contributed by atoms with Gasteiger partial charge in [-0.1, -0.05) is 207 Å². The van der Waals surface area contributed by atoms with Crippen molar-refractivity contribution >= 4 is 17.9 Å². The molecule has 2 unspecified atom stereocenters. The van der Waals surface area contributed by atoms with Crippen molar-refractivity contribution in [2.24, 2.45) is 0 Å². The van der Waals surface area contributed by atoms with Gasteiger partial charge in [-0.3, -0.25) is 9.59 Å². The first-order valence-corrected chi connectivity index (χ1v) is 27.8. The summed E-state index contributed by atoms with van der Waals surface area (Å²) in [7, 11) is 5.41. The SMILES string of the molecule is CC/C=C/C/C=C/C/C=C/C/C=C/C/C=C/CCCCCCCCC(=O)OC(COCCC(C(=O)[O-])[N+](C)(C)C)COC(=O)CCCCCCCCCCCCCCC/C=C/C/C=C/C/C=C/CC. The van der Waals surface area contributed by atoms with Crippen molar-refractivity contribution in [3.8, 4) is 0 Å². The maximum absolute atomic E-state index is 12.8. The highest BCUT2D eigenvalue weighted by molar-refractivity contribution is 5.70. The van der Waals surface area contributed by atoms with Gasteiger partial charge in [0, 0.05) is 19.3 Å². The molecule has 0 aromatic carbocycles. The molecule has 0 bridgehead atoms. The Bertz CT molecular complexity index is 1450. The zero-order chi connectivity index (χ0) is 50.6. The maximum atomic E-state index is 12.8. The van der Waals surface area contributed by atoms with E-state index in [0.29, 0.717) is 12.8 Å². The van der Waals surface area contributed by atoms with Gasteiger partial charge in [-0.15, -0.1) is 0 Å². The lowest BCUT2D eigenvalue weighted by molar-refractivity contribution is -0.889. The van der Waals surface area contributed by atoms with Gasteiger partial charge in [0.25, 0.3) is 0 Å². The molecule has 0 aromatic heterocycles. The highest BCUT2D eigenvalue weighted by Gasteiger charge is 2.25. The topological polar surface area (TPSA) is 102 Å². The van der Waals surface area contributed by atoms with Crippen LogP contribution < -0.4 is 5.11 Å². The van der Waals surface area contributed by atoms with Gasteiger partial charge >= 0.3 is 11.9 Å². The number of nitrogens with zero attached hydrogens (tertiary/aromatic N) is 1. The number of rotatable bonds is 49. The Kier molecular flexibility index (Phi) is 47.9. The summed E-state index contributed by atoms with van der Waals surface area (Å²) < 4.78 is 17.3. The Morgan fingerprint density at radius 1 is 0.435 bits per heavy atom. The quantitative estimate of drug-likeness (QED) is 0.0259. The van der Waals surface area contributed by atoms with Gasteiger partial charge in [0.05, 0.1) is 40.3 Å². The number of hydrogen-bond acceptors (Lipinski definition) is 7. The van der Waals surface area contributed by atoms with Gasteiger partial charge < -0.3 is 28.6 Å². The number of aliphatic carboxylic acids is 1. The smallest absolute Gasteiger partial charge is 0.306 e. The normalized spacial score (nSPS) is 13.6. The molecule has 0 radical (unpaired) electrons. The van der Waals surface area contributed by atoms with E-state index in [9.17, 15) is 19.5 Å². The second-order valence-corrected chi connectivity index (χ2v) is 19.4. The van der Waals surface area contributed by atoms with Crippen molar-refractivity contribution in [2.45, 2.75) is 231 Å². The van der Waals surface area contributed by atoms with Gasteiger partial charge in [-0.05, 0) is 89.9 Å². The minimum Gasteiger partial charge on any atom is -0.544 e. The van der Waals surface area contributed by atoms with Crippen LogP contribution in [0, 0.1) is 0 Å². The maximum Gasteiger partial charge on any atom is 0.306 e. The van der Waals surface area contributed by atoms with Crippen LogP contribution in [0.2, 0.25) is 0 Å². The molecule has 0 saturated carbocycles. The molecule has 0 aliphatic heterocycles. The first-order valence-electron chi connectivity index (χ1n) is 27.8. The first kappa shape index (κ1) is 65.2. The van der Waals surface area contributed by atoms with E-state index in [1.54, 1.807) is 21.1 Å². The van der Waals surface area contributed by atoms with Crippen LogP contribution in [0.5, 0.6) is 0 Å². The molecule has 69 heavy (non-hydrogen) atoms. The molecule has 0 fully saturated rings. The number of carboxylic acid groups (broad SMARTS) is 1. The minimum absolute atomic E-state index is 0.0298. The van der Waals surface area contributed by atoms with Gasteiger partial charge in [-0.25, -0.2) is 0 Å². The first-order chi connectivity index (χ1) is 33.6. The molecule has 0 aliphatic carbocycles. The third-order valence-corrected chi connectivity index (χ3v) is 12.0. The van der Waals surface area contributed by atoms with Crippen LogP contribution >= 0.6 is 0 Å². The summed E-state index contributed by atoms with van der Waals surface area (Å²) in [5.41, 5.74) is 0. The molecule has 0 heterocycles. The van der Waals surface area contributed by atoms with Crippen molar-refractivity contribution in [1.82, 2.24) is 0 Å². The molecule has 2 atom stereocenters. The largest absolute Gasteiger partial charge is 0.544 e. The minimum atomic E-state index is -1.13. The molecule has 8 nitrogen and oxygen atoms in total. The Labute approximate surface area is 424 Å². The van der Waals surface area contributed by atoms with E-state index in [2.05, 4.69) is 111 Å². The Balaban J connectivity index is 4.23. The average molecular weight is 962 g/mol. The third-order valence-electron chi connectivity index (χ3n) is 12.0. The second-order valence-electron chi connectivity index (χ2n) is 19.4. The van der Waals surface area contributed by atoms with E-state index in [-0.39, 0.29) is 42.7 Å². The molecule has 0 amide bonds. The summed E-state index contributed by atoms with van der Waals surface area (Å²) in [5, 5.41) is 11.7. The van der Waals surface area contributed by atoms with E-state index in [1.807, 2.05) is 0 Å². The van der Waals surface area contributed by atoms with Gasteiger partial charge in [0.2, 0.25) is 0 Å². The number of unbranched alkanes of at least 4 members (excludes halogenated alkanes) is 19. The number of carboxylic acids is 1. The zero-order valence-corrected chi connectivity index (χ0v) is 44.9. The summed E-state index contributed by atoms with van der Waals surface area (Å²) in [5.74, 6) is -1.76. The molecule has 8 heteroatoms. The predicted molar refractivity (Wildman–Crippen MR) is 291 cm³/mol. The molecule has 0 aromatic rings. The number of carbonyl (C=O) groups excluding carboxylic acids is 3. The van der Waals surface area contributed by atoms with Crippen molar-refractivity contribution in [3.63, 3.8) is 0 Å². The summed E-state index contributed by atoms with van der Waals surface area (Å²) >= 11 is 0. The highest BCUT2D eigenvalue weighted by atomic mass is 16.6. The third kappa shape index (κ3) is 49.0. The highest BCUT2D eigenvalue weighted by Crippen LogP contribution is 2.15. The van der Waals surface area contributed by atoms with Crippen LogP contribution in [0.4, 0.5) is 0 Å². The second kappa shape index (κ2) is 50.6. The van der Waals surface area contributed by atoms with Crippen LogP contribution in [0.15, 0.2) is 97.2 Å². The summed E-state index contributed by atoms with van der Waals surface area (Å²) in [4.78, 5) is 37.2. The van der Waals surface area contributed by atoms with Crippen LogP contribution in [-0.2, 0) is 28.6 Å². The number of carbonyl (C=O) groups is 3. The van der Waals surface area contributed by atoms with E-state index in [4.69, 9.17) is 14.2 Å². The fourth-order valence-corrected chi connectivity index (χ4v) is 7.76. The van der Waals surface area contributed by atoms with Crippen LogP contribution in [0.25, 0.3) is 0 Å². The fraction of sp³-hybridized carbons (Fsp3) is 0.689. The lowest BCUT2D eigenvalue weighted by Gasteiger charge is -2.34. The summed E-state index contributed by atoms with van der Waals surface area (Å²) in [6, 6.07) is -0.735. The van der Waals surface area contributed by atoms with Crippen molar-refractivity contribution in [1.29, 1.82) is 0 Å². The average Bonchev–Trinajstić information content (AvgIpc) is 3.31. The van der Waals surface area contributed by atoms with E-state index >= 15 is 0 Å².